The van der Waals surface area contributed by atoms with E-state index in [2.05, 4.69) is 116 Å². The highest BCUT2D eigenvalue weighted by molar-refractivity contribution is 6.10. The van der Waals surface area contributed by atoms with Gasteiger partial charge >= 0.3 is 0 Å². The van der Waals surface area contributed by atoms with Gasteiger partial charge in [-0.2, -0.15) is 0 Å². The van der Waals surface area contributed by atoms with E-state index in [0.29, 0.717) is 0 Å². The molecule has 0 bridgehead atoms. The van der Waals surface area contributed by atoms with Gasteiger partial charge in [-0.05, 0) is 61.1 Å². The first-order valence-electron chi connectivity index (χ1n) is 15.6. The topological polar surface area (TPSA) is 18.5 Å². The lowest BCUT2D eigenvalue weighted by Crippen LogP contribution is -2.38. The number of hydrogen-bond acceptors (Lipinski definition) is 2. The molecule has 0 saturated heterocycles. The average molecular weight is 555 g/mol. The molecule has 1 unspecified atom stereocenters. The van der Waals surface area contributed by atoms with Crippen molar-refractivity contribution in [3.63, 3.8) is 0 Å². The van der Waals surface area contributed by atoms with Crippen molar-refractivity contribution < 1.29 is 9.47 Å². The van der Waals surface area contributed by atoms with Gasteiger partial charge in [-0.1, -0.05) is 149 Å². The molecule has 2 heteroatoms. The van der Waals surface area contributed by atoms with E-state index in [-0.39, 0.29) is 5.92 Å². The highest BCUT2D eigenvalue weighted by Gasteiger charge is 2.44. The van der Waals surface area contributed by atoms with Crippen LogP contribution in [-0.4, -0.2) is 14.2 Å². The Morgan fingerprint density at radius 1 is 0.524 bits per heavy atom. The quantitative estimate of drug-likeness (QED) is 0.0851. The lowest BCUT2D eigenvalue weighted by Gasteiger charge is -2.40. The number of ether oxygens (including phenoxy) is 2. The summed E-state index contributed by atoms with van der Waals surface area (Å²) in [6.07, 6.45) is 8.44. The summed E-state index contributed by atoms with van der Waals surface area (Å²) in [4.78, 5) is 0. The summed E-state index contributed by atoms with van der Waals surface area (Å²) < 4.78 is 13.4. The number of rotatable bonds is 12. The van der Waals surface area contributed by atoms with Crippen LogP contribution in [0.3, 0.4) is 0 Å². The Kier molecular flexibility index (Phi) is 8.55. The normalized spacial score (nSPS) is 12.9. The van der Waals surface area contributed by atoms with E-state index in [1.807, 2.05) is 14.2 Å². The van der Waals surface area contributed by atoms with E-state index in [0.717, 1.165) is 18.4 Å². The number of hydrogen-bond donors (Lipinski definition) is 0. The molecule has 2 nitrogen and oxygen atoms in total. The van der Waals surface area contributed by atoms with Crippen LogP contribution >= 0.6 is 0 Å². The van der Waals surface area contributed by atoms with Crippen LogP contribution in [0.4, 0.5) is 0 Å². The number of fused-ring (bicyclic) bond motifs is 6. The Hall–Kier alpha value is -3.72. The Morgan fingerprint density at radius 2 is 1.00 bits per heavy atom. The van der Waals surface area contributed by atoms with Gasteiger partial charge in [-0.15, -0.1) is 0 Å². The second kappa shape index (κ2) is 12.7. The summed E-state index contributed by atoms with van der Waals surface area (Å²) in [6, 6.07) is 39.7. The van der Waals surface area contributed by atoms with Crippen molar-refractivity contribution in [3.8, 4) is 0 Å². The fraction of sp³-hybridized carbons (Fsp3) is 0.300. The Morgan fingerprint density at radius 3 is 1.62 bits per heavy atom. The fourth-order valence-corrected chi connectivity index (χ4v) is 7.17. The Bertz CT molecular complexity index is 1810. The van der Waals surface area contributed by atoms with Gasteiger partial charge in [0.05, 0.1) is 0 Å². The lowest BCUT2D eigenvalue weighted by molar-refractivity contribution is -0.232. The van der Waals surface area contributed by atoms with Crippen LogP contribution in [0.5, 0.6) is 0 Å². The smallest absolute Gasteiger partial charge is 0.201 e. The van der Waals surface area contributed by atoms with E-state index in [1.165, 1.54) is 80.8 Å². The molecule has 0 fully saturated rings. The van der Waals surface area contributed by atoms with Gasteiger partial charge < -0.3 is 9.47 Å². The van der Waals surface area contributed by atoms with Crippen LogP contribution in [0.2, 0.25) is 0 Å². The molecule has 0 amide bonds. The third-order valence-electron chi connectivity index (χ3n) is 9.23. The van der Waals surface area contributed by atoms with E-state index in [1.54, 1.807) is 0 Å². The van der Waals surface area contributed by atoms with Gasteiger partial charge in [0.15, 0.2) is 0 Å². The number of methoxy groups -OCH3 is 2. The van der Waals surface area contributed by atoms with Crippen molar-refractivity contribution in [1.29, 1.82) is 0 Å². The van der Waals surface area contributed by atoms with Gasteiger partial charge in [-0.25, -0.2) is 0 Å². The SMILES string of the molecule is CCCCCCCCC(c1cc2ccccc2c2ccccc12)C(OC)(OC)c1cc2ccccc2c2ccccc12. The average Bonchev–Trinajstić information content (AvgIpc) is 3.05. The zero-order chi connectivity index (χ0) is 28.9. The molecule has 214 valence electrons. The molecule has 6 aromatic carbocycles. The number of benzene rings is 6. The molecule has 0 aliphatic heterocycles. The molecule has 0 heterocycles. The van der Waals surface area contributed by atoms with Crippen molar-refractivity contribution in [2.24, 2.45) is 0 Å². The minimum Gasteiger partial charge on any atom is -0.349 e. The monoisotopic (exact) mass is 554 g/mol. The molecule has 0 spiro atoms. The van der Waals surface area contributed by atoms with Crippen LogP contribution in [0.15, 0.2) is 109 Å². The highest BCUT2D eigenvalue weighted by atomic mass is 16.7. The van der Waals surface area contributed by atoms with Crippen molar-refractivity contribution in [1.82, 2.24) is 0 Å². The summed E-state index contributed by atoms with van der Waals surface area (Å²) in [5.74, 6) is -0.990. The first kappa shape index (κ1) is 28.4. The van der Waals surface area contributed by atoms with E-state index >= 15 is 0 Å². The van der Waals surface area contributed by atoms with Crippen LogP contribution in [-0.2, 0) is 15.3 Å². The third-order valence-corrected chi connectivity index (χ3v) is 9.23. The van der Waals surface area contributed by atoms with E-state index in [4.69, 9.17) is 9.47 Å². The molecule has 0 aliphatic rings. The van der Waals surface area contributed by atoms with Gasteiger partial charge in [0.25, 0.3) is 0 Å². The predicted octanol–water partition coefficient (Wildman–Crippen LogP) is 11.3. The molecule has 0 aromatic heterocycles. The van der Waals surface area contributed by atoms with Crippen LogP contribution in [0.1, 0.15) is 68.9 Å². The van der Waals surface area contributed by atoms with Crippen molar-refractivity contribution in [2.45, 2.75) is 63.6 Å². The molecule has 6 rings (SSSR count). The van der Waals surface area contributed by atoms with Crippen molar-refractivity contribution >= 4 is 43.1 Å². The van der Waals surface area contributed by atoms with Crippen LogP contribution < -0.4 is 0 Å². The molecule has 0 radical (unpaired) electrons. The molecular formula is C40H42O2. The first-order chi connectivity index (χ1) is 20.7. The second-order valence-electron chi connectivity index (χ2n) is 11.6. The summed E-state index contributed by atoms with van der Waals surface area (Å²) in [5, 5.41) is 9.95. The fourth-order valence-electron chi connectivity index (χ4n) is 7.17. The predicted molar refractivity (Wildman–Crippen MR) is 179 cm³/mol. The maximum atomic E-state index is 6.68. The lowest BCUT2D eigenvalue weighted by atomic mass is 9.77. The van der Waals surface area contributed by atoms with Gasteiger partial charge in [0.1, 0.15) is 0 Å². The van der Waals surface area contributed by atoms with Gasteiger partial charge in [0, 0.05) is 25.7 Å². The molecule has 6 aromatic rings. The molecule has 42 heavy (non-hydrogen) atoms. The summed E-state index contributed by atoms with van der Waals surface area (Å²) in [5.41, 5.74) is 2.38. The molecule has 0 aliphatic carbocycles. The van der Waals surface area contributed by atoms with Crippen LogP contribution in [0, 0.1) is 0 Å². The zero-order valence-corrected chi connectivity index (χ0v) is 25.2. The molecule has 0 N–H and O–H groups in total. The third kappa shape index (κ3) is 5.08. The van der Waals surface area contributed by atoms with Gasteiger partial charge in [-0.3, -0.25) is 0 Å². The summed E-state index contributed by atoms with van der Waals surface area (Å²) in [6.45, 7) is 2.28. The Balaban J connectivity index is 1.59. The maximum absolute atomic E-state index is 6.68. The minimum absolute atomic E-state index is 0.0160. The van der Waals surface area contributed by atoms with Crippen LogP contribution in [0.25, 0.3) is 43.1 Å². The highest BCUT2D eigenvalue weighted by Crippen LogP contribution is 2.49. The standard InChI is InChI=1S/C40H42O2/c1-4-5-6-7-8-9-26-38(37-27-29-18-10-12-20-31(29)33-22-14-15-24-35(33)37)40(41-2,42-3)39-28-30-19-11-13-21-32(30)34-23-16-17-25-36(34)39/h10-25,27-28,38H,4-9,26H2,1-3H3. The second-order valence-corrected chi connectivity index (χ2v) is 11.6. The van der Waals surface area contributed by atoms with Crippen molar-refractivity contribution in [2.75, 3.05) is 14.2 Å². The zero-order valence-electron chi connectivity index (χ0n) is 25.2. The largest absolute Gasteiger partial charge is 0.349 e. The minimum atomic E-state index is -0.974. The van der Waals surface area contributed by atoms with E-state index < -0.39 is 5.79 Å². The first-order valence-corrected chi connectivity index (χ1v) is 15.6. The maximum Gasteiger partial charge on any atom is 0.201 e. The summed E-state index contributed by atoms with van der Waals surface area (Å²) in [7, 11) is 3.65. The van der Waals surface area contributed by atoms with E-state index in [9.17, 15) is 0 Å². The van der Waals surface area contributed by atoms with Crippen molar-refractivity contribution in [3.05, 3.63) is 120 Å². The molecule has 0 saturated carbocycles. The Labute approximate surface area is 250 Å². The summed E-state index contributed by atoms with van der Waals surface area (Å²) >= 11 is 0. The molecule has 1 atom stereocenters. The van der Waals surface area contributed by atoms with Gasteiger partial charge in [0.2, 0.25) is 5.79 Å². The molecular weight excluding hydrogens is 512 g/mol. The number of unbranched alkanes of at least 4 members (excludes halogenated alkanes) is 5.